The van der Waals surface area contributed by atoms with Crippen LogP contribution in [0.25, 0.3) is 0 Å². The molecule has 2 rings (SSSR count). The van der Waals surface area contributed by atoms with Crippen LogP contribution in [0.3, 0.4) is 0 Å². The Hall–Kier alpha value is -2.18. The fourth-order valence-electron chi connectivity index (χ4n) is 2.28. The summed E-state index contributed by atoms with van der Waals surface area (Å²) in [5, 5.41) is 5.84. The van der Waals surface area contributed by atoms with E-state index in [4.69, 9.17) is 16.3 Å². The van der Waals surface area contributed by atoms with Gasteiger partial charge in [-0.2, -0.15) is 0 Å². The number of hydrogen-bond donors (Lipinski definition) is 2. The highest BCUT2D eigenvalue weighted by molar-refractivity contribution is 8.01. The number of anilines is 2. The van der Waals surface area contributed by atoms with Gasteiger partial charge in [0.15, 0.2) is 0 Å². The largest absolute Gasteiger partial charge is 0.492 e. The number of amides is 2. The maximum atomic E-state index is 12.4. The fraction of sp³-hybridized carbons (Fsp3) is 0.300. The number of hydrogen-bond acceptors (Lipinski definition) is 4. The highest BCUT2D eigenvalue weighted by Gasteiger charge is 2.17. The lowest BCUT2D eigenvalue weighted by Crippen LogP contribution is -2.25. The van der Waals surface area contributed by atoms with Gasteiger partial charge in [0.05, 0.1) is 23.3 Å². The average Bonchev–Trinajstić information content (AvgIpc) is 2.64. The Morgan fingerprint density at radius 3 is 2.63 bits per heavy atom. The third-order valence-electron chi connectivity index (χ3n) is 3.75. The molecule has 0 unspecified atom stereocenters. The Labute approximate surface area is 168 Å². The first kappa shape index (κ1) is 21.1. The van der Waals surface area contributed by atoms with Gasteiger partial charge in [-0.1, -0.05) is 29.8 Å². The van der Waals surface area contributed by atoms with Gasteiger partial charge in [0.2, 0.25) is 11.8 Å². The molecule has 0 aromatic heterocycles. The molecule has 2 aromatic carbocycles. The molecule has 0 aliphatic rings. The van der Waals surface area contributed by atoms with E-state index >= 15 is 0 Å². The standard InChI is InChI=1S/C20H23ClN2O3S/c1-4-26-18-8-6-5-7-16(18)22-19(24)12-27-14(3)20(25)23-17-11-15(21)10-9-13(17)2/h5-11,14H,4,12H2,1-3H3,(H,22,24)(H,23,25)/t14-/m0/s1. The van der Waals surface area contributed by atoms with Gasteiger partial charge in [0.25, 0.3) is 0 Å². The molecule has 0 aliphatic carbocycles. The van der Waals surface area contributed by atoms with E-state index in [1.165, 1.54) is 11.8 Å². The van der Waals surface area contributed by atoms with Gasteiger partial charge in [-0.3, -0.25) is 9.59 Å². The highest BCUT2D eigenvalue weighted by Crippen LogP contribution is 2.25. The highest BCUT2D eigenvalue weighted by atomic mass is 35.5. The molecule has 0 heterocycles. The number of benzene rings is 2. The monoisotopic (exact) mass is 406 g/mol. The predicted molar refractivity (Wildman–Crippen MR) is 113 cm³/mol. The van der Waals surface area contributed by atoms with Gasteiger partial charge in [0, 0.05) is 10.7 Å². The number of para-hydroxylation sites is 2. The lowest BCUT2D eigenvalue weighted by molar-refractivity contribution is -0.115. The molecule has 2 N–H and O–H groups in total. The van der Waals surface area contributed by atoms with E-state index in [1.54, 1.807) is 31.2 Å². The van der Waals surface area contributed by atoms with Crippen molar-refractivity contribution in [1.29, 1.82) is 0 Å². The van der Waals surface area contributed by atoms with Gasteiger partial charge in [0.1, 0.15) is 5.75 Å². The van der Waals surface area contributed by atoms with Crippen molar-refractivity contribution in [3.8, 4) is 5.75 Å². The van der Waals surface area contributed by atoms with Crippen molar-refractivity contribution in [3.05, 3.63) is 53.1 Å². The first-order valence-corrected chi connectivity index (χ1v) is 10.0. The number of thioether (sulfide) groups is 1. The molecule has 5 nitrogen and oxygen atoms in total. The zero-order chi connectivity index (χ0) is 19.8. The summed E-state index contributed by atoms with van der Waals surface area (Å²) in [7, 11) is 0. The molecule has 2 aromatic rings. The molecule has 0 spiro atoms. The van der Waals surface area contributed by atoms with Crippen molar-refractivity contribution < 1.29 is 14.3 Å². The number of carbonyl (C=O) groups is 2. The summed E-state index contributed by atoms with van der Waals surface area (Å²) in [4.78, 5) is 24.6. The molecule has 2 amide bonds. The molecule has 0 saturated carbocycles. The normalized spacial score (nSPS) is 11.6. The number of ether oxygens (including phenoxy) is 1. The van der Waals surface area contributed by atoms with E-state index in [0.717, 1.165) is 5.56 Å². The second kappa shape index (κ2) is 10.2. The second-order valence-corrected chi connectivity index (χ2v) is 7.64. The maximum absolute atomic E-state index is 12.4. The minimum Gasteiger partial charge on any atom is -0.492 e. The van der Waals surface area contributed by atoms with Crippen LogP contribution in [-0.2, 0) is 9.59 Å². The van der Waals surface area contributed by atoms with Crippen molar-refractivity contribution in [2.24, 2.45) is 0 Å². The van der Waals surface area contributed by atoms with E-state index in [9.17, 15) is 9.59 Å². The van der Waals surface area contributed by atoms with Gasteiger partial charge < -0.3 is 15.4 Å². The van der Waals surface area contributed by atoms with Crippen LogP contribution in [0, 0.1) is 6.92 Å². The third-order valence-corrected chi connectivity index (χ3v) is 5.13. The van der Waals surface area contributed by atoms with Crippen LogP contribution in [0.15, 0.2) is 42.5 Å². The molecular weight excluding hydrogens is 384 g/mol. The summed E-state index contributed by atoms with van der Waals surface area (Å²) in [5.41, 5.74) is 2.22. The predicted octanol–water partition coefficient (Wildman–Crippen LogP) is 4.75. The minimum absolute atomic E-state index is 0.156. The van der Waals surface area contributed by atoms with Crippen LogP contribution < -0.4 is 15.4 Å². The van der Waals surface area contributed by atoms with Crippen LogP contribution in [0.2, 0.25) is 5.02 Å². The number of aryl methyl sites for hydroxylation is 1. The molecule has 1 atom stereocenters. The van der Waals surface area contributed by atoms with Crippen molar-refractivity contribution in [1.82, 2.24) is 0 Å². The number of carbonyl (C=O) groups excluding carboxylic acids is 2. The lowest BCUT2D eigenvalue weighted by atomic mass is 10.2. The van der Waals surface area contributed by atoms with E-state index in [2.05, 4.69) is 10.6 Å². The Balaban J connectivity index is 1.87. The Morgan fingerprint density at radius 2 is 1.89 bits per heavy atom. The Morgan fingerprint density at radius 1 is 1.15 bits per heavy atom. The summed E-state index contributed by atoms with van der Waals surface area (Å²) < 4.78 is 5.49. The van der Waals surface area contributed by atoms with Crippen LogP contribution in [0.5, 0.6) is 5.75 Å². The topological polar surface area (TPSA) is 67.4 Å². The Kier molecular flexibility index (Phi) is 8.00. The molecule has 0 saturated heterocycles. The molecule has 0 fully saturated rings. The number of halogens is 1. The molecule has 144 valence electrons. The smallest absolute Gasteiger partial charge is 0.237 e. The van der Waals surface area contributed by atoms with Crippen LogP contribution in [-0.4, -0.2) is 29.4 Å². The maximum Gasteiger partial charge on any atom is 0.237 e. The van der Waals surface area contributed by atoms with Gasteiger partial charge >= 0.3 is 0 Å². The Bertz CT molecular complexity index is 814. The van der Waals surface area contributed by atoms with E-state index < -0.39 is 5.25 Å². The third kappa shape index (κ3) is 6.48. The van der Waals surface area contributed by atoms with Crippen molar-refractivity contribution in [2.75, 3.05) is 23.0 Å². The first-order valence-electron chi connectivity index (χ1n) is 8.61. The van der Waals surface area contributed by atoms with Crippen LogP contribution in [0.1, 0.15) is 19.4 Å². The fourth-order valence-corrected chi connectivity index (χ4v) is 3.13. The lowest BCUT2D eigenvalue weighted by Gasteiger charge is -2.14. The van der Waals surface area contributed by atoms with Crippen molar-refractivity contribution >= 4 is 46.6 Å². The summed E-state index contributed by atoms with van der Waals surface area (Å²) in [6.07, 6.45) is 0. The summed E-state index contributed by atoms with van der Waals surface area (Å²) in [6, 6.07) is 12.6. The van der Waals surface area contributed by atoms with Crippen molar-refractivity contribution in [3.63, 3.8) is 0 Å². The summed E-state index contributed by atoms with van der Waals surface area (Å²) in [5.74, 6) is 0.419. The molecule has 0 bridgehead atoms. The SMILES string of the molecule is CCOc1ccccc1NC(=O)CS[C@@H](C)C(=O)Nc1cc(Cl)ccc1C. The van der Waals surface area contributed by atoms with Gasteiger partial charge in [-0.15, -0.1) is 11.8 Å². The van der Waals surface area contributed by atoms with Gasteiger partial charge in [-0.05, 0) is 50.6 Å². The van der Waals surface area contributed by atoms with Crippen LogP contribution in [0.4, 0.5) is 11.4 Å². The molecule has 0 aliphatic heterocycles. The summed E-state index contributed by atoms with van der Waals surface area (Å²) in [6.45, 7) is 6.06. The van der Waals surface area contributed by atoms with Crippen LogP contribution >= 0.6 is 23.4 Å². The quantitative estimate of drug-likeness (QED) is 0.664. The minimum atomic E-state index is -0.392. The number of rotatable bonds is 8. The zero-order valence-corrected chi connectivity index (χ0v) is 17.1. The molecule has 0 radical (unpaired) electrons. The van der Waals surface area contributed by atoms with Crippen molar-refractivity contribution in [2.45, 2.75) is 26.0 Å². The van der Waals surface area contributed by atoms with E-state index in [-0.39, 0.29) is 17.6 Å². The molecular formula is C20H23ClN2O3S. The average molecular weight is 407 g/mol. The van der Waals surface area contributed by atoms with Gasteiger partial charge in [-0.25, -0.2) is 0 Å². The molecule has 27 heavy (non-hydrogen) atoms. The zero-order valence-electron chi connectivity index (χ0n) is 15.5. The second-order valence-electron chi connectivity index (χ2n) is 5.88. The first-order chi connectivity index (χ1) is 12.9. The molecule has 7 heteroatoms. The van der Waals surface area contributed by atoms with E-state index in [0.29, 0.717) is 28.8 Å². The van der Waals surface area contributed by atoms with E-state index in [1.807, 2.05) is 32.0 Å². The summed E-state index contributed by atoms with van der Waals surface area (Å²) >= 11 is 7.24. The number of nitrogens with one attached hydrogen (secondary N) is 2.